The molecule has 0 aromatic rings. The molecule has 6 atom stereocenters. The number of hydrogen-bond acceptors (Lipinski definition) is 6. The molecule has 2 aliphatic carbocycles. The molecule has 0 aliphatic heterocycles. The van der Waals surface area contributed by atoms with E-state index in [1.54, 1.807) is 0 Å². The second-order valence-corrected chi connectivity index (χ2v) is 9.83. The summed E-state index contributed by atoms with van der Waals surface area (Å²) >= 11 is 0. The van der Waals surface area contributed by atoms with E-state index in [1.807, 2.05) is 13.0 Å². The van der Waals surface area contributed by atoms with Crippen molar-refractivity contribution in [3.63, 3.8) is 0 Å². The van der Waals surface area contributed by atoms with Gasteiger partial charge in [-0.2, -0.15) is 0 Å². The van der Waals surface area contributed by atoms with Crippen LogP contribution in [0.1, 0.15) is 66.7 Å². The number of fused-ring (bicyclic) bond motifs is 1. The van der Waals surface area contributed by atoms with Crippen molar-refractivity contribution in [2.45, 2.75) is 78.9 Å². The van der Waals surface area contributed by atoms with Crippen LogP contribution in [-0.2, 0) is 19.1 Å². The first kappa shape index (κ1) is 24.6. The molecule has 0 spiro atoms. The Morgan fingerprint density at radius 2 is 1.77 bits per heavy atom. The van der Waals surface area contributed by atoms with Gasteiger partial charge in [0, 0.05) is 19.3 Å². The summed E-state index contributed by atoms with van der Waals surface area (Å²) in [5, 5.41) is 21.5. The van der Waals surface area contributed by atoms with E-state index in [4.69, 9.17) is 9.47 Å². The summed E-state index contributed by atoms with van der Waals surface area (Å²) < 4.78 is 10.4. The van der Waals surface area contributed by atoms with Crippen LogP contribution in [0, 0.1) is 22.7 Å². The Morgan fingerprint density at radius 1 is 1.13 bits per heavy atom. The van der Waals surface area contributed by atoms with E-state index in [-0.39, 0.29) is 42.4 Å². The smallest absolute Gasteiger partial charge is 0.302 e. The van der Waals surface area contributed by atoms with Gasteiger partial charge in [0.2, 0.25) is 0 Å². The lowest BCUT2D eigenvalue weighted by molar-refractivity contribution is -0.167. The first-order valence-electron chi connectivity index (χ1n) is 10.9. The van der Waals surface area contributed by atoms with Crippen molar-refractivity contribution in [1.29, 1.82) is 0 Å². The van der Waals surface area contributed by atoms with Crippen LogP contribution in [0.3, 0.4) is 0 Å². The molecule has 0 aromatic carbocycles. The van der Waals surface area contributed by atoms with Crippen LogP contribution in [-0.4, -0.2) is 47.6 Å². The minimum Gasteiger partial charge on any atom is -0.465 e. The van der Waals surface area contributed by atoms with Crippen LogP contribution in [0.2, 0.25) is 0 Å². The highest BCUT2D eigenvalue weighted by Gasteiger charge is 2.58. The van der Waals surface area contributed by atoms with E-state index < -0.39 is 17.6 Å². The zero-order valence-electron chi connectivity index (χ0n) is 19.1. The van der Waals surface area contributed by atoms with Crippen LogP contribution in [0.5, 0.6) is 0 Å². The number of hydrogen-bond donors (Lipinski definition) is 2. The SMILES string of the molecule is C=C1[C@H](O)C[C@H]2[C@@](C)(COC(C)=O)C[C@H](O)C[C@]2(C)[C@H]1CC/C(C)=C\COC(C)=O. The summed E-state index contributed by atoms with van der Waals surface area (Å²) in [7, 11) is 0. The average molecular weight is 423 g/mol. The highest BCUT2D eigenvalue weighted by Crippen LogP contribution is 2.62. The molecule has 170 valence electrons. The topological polar surface area (TPSA) is 93.1 Å². The molecule has 2 N–H and O–H groups in total. The summed E-state index contributed by atoms with van der Waals surface area (Å²) in [6.45, 7) is 13.8. The maximum Gasteiger partial charge on any atom is 0.302 e. The van der Waals surface area contributed by atoms with Crippen LogP contribution in [0.4, 0.5) is 0 Å². The lowest BCUT2D eigenvalue weighted by Gasteiger charge is -2.60. The molecule has 0 aromatic heterocycles. The number of allylic oxidation sites excluding steroid dienone is 1. The van der Waals surface area contributed by atoms with Gasteiger partial charge in [0.05, 0.1) is 18.8 Å². The van der Waals surface area contributed by atoms with Gasteiger partial charge in [0.15, 0.2) is 0 Å². The Bertz CT molecular complexity index is 698. The van der Waals surface area contributed by atoms with E-state index in [1.165, 1.54) is 13.8 Å². The van der Waals surface area contributed by atoms with Gasteiger partial charge in [-0.1, -0.05) is 26.0 Å². The zero-order valence-corrected chi connectivity index (χ0v) is 19.1. The van der Waals surface area contributed by atoms with Crippen molar-refractivity contribution < 1.29 is 29.3 Å². The molecule has 0 saturated heterocycles. The summed E-state index contributed by atoms with van der Waals surface area (Å²) in [6.07, 6.45) is 4.15. The molecule has 0 amide bonds. The van der Waals surface area contributed by atoms with Crippen LogP contribution in [0.15, 0.2) is 23.8 Å². The predicted molar refractivity (Wildman–Crippen MR) is 114 cm³/mol. The molecule has 0 radical (unpaired) electrons. The Hall–Kier alpha value is -1.66. The molecule has 6 nitrogen and oxygen atoms in total. The van der Waals surface area contributed by atoms with E-state index in [9.17, 15) is 19.8 Å². The van der Waals surface area contributed by atoms with Crippen molar-refractivity contribution in [1.82, 2.24) is 0 Å². The lowest BCUT2D eigenvalue weighted by Crippen LogP contribution is -2.58. The molecule has 0 bridgehead atoms. The van der Waals surface area contributed by atoms with Crippen molar-refractivity contribution >= 4 is 11.9 Å². The fourth-order valence-corrected chi connectivity index (χ4v) is 5.88. The highest BCUT2D eigenvalue weighted by atomic mass is 16.5. The van der Waals surface area contributed by atoms with Crippen molar-refractivity contribution in [3.05, 3.63) is 23.8 Å². The standard InChI is InChI=1S/C24H38O6/c1-15(9-10-29-17(3)25)7-8-20-16(2)21(28)11-22-23(5,14-30-18(4)26)12-19(27)13-24(20,22)6/h9,19-22,27-28H,2,7-8,10-14H2,1,3-6H3/b15-9-/t19-,20-,21+,22-,23+,24+/m0/s1. The van der Waals surface area contributed by atoms with Crippen molar-refractivity contribution in [2.24, 2.45) is 22.7 Å². The first-order chi connectivity index (χ1) is 13.9. The van der Waals surface area contributed by atoms with Crippen LogP contribution < -0.4 is 0 Å². The average Bonchev–Trinajstić information content (AvgIpc) is 2.61. The Kier molecular flexibility index (Phi) is 7.91. The molecule has 30 heavy (non-hydrogen) atoms. The third-order valence-electron chi connectivity index (χ3n) is 7.30. The van der Waals surface area contributed by atoms with Crippen LogP contribution >= 0.6 is 0 Å². The van der Waals surface area contributed by atoms with Crippen molar-refractivity contribution in [3.8, 4) is 0 Å². The van der Waals surface area contributed by atoms with Crippen LogP contribution in [0.25, 0.3) is 0 Å². The number of esters is 2. The van der Waals surface area contributed by atoms with Gasteiger partial charge in [-0.15, -0.1) is 0 Å². The number of rotatable bonds is 7. The molecule has 0 unspecified atom stereocenters. The molecule has 2 aliphatic rings. The molecule has 0 heterocycles. The van der Waals surface area contributed by atoms with Gasteiger partial charge in [-0.3, -0.25) is 9.59 Å². The second-order valence-electron chi connectivity index (χ2n) is 9.83. The van der Waals surface area contributed by atoms with E-state index in [2.05, 4.69) is 20.4 Å². The lowest BCUT2D eigenvalue weighted by atomic mass is 9.45. The molecule has 2 saturated carbocycles. The minimum atomic E-state index is -0.606. The number of carbonyl (C=O) groups is 2. The van der Waals surface area contributed by atoms with Gasteiger partial charge in [-0.25, -0.2) is 0 Å². The molecule has 6 heteroatoms. The Balaban J connectivity index is 2.23. The molecule has 2 rings (SSSR count). The Morgan fingerprint density at radius 3 is 2.37 bits per heavy atom. The molecular formula is C24H38O6. The summed E-state index contributed by atoms with van der Waals surface area (Å²) in [6, 6.07) is 0. The summed E-state index contributed by atoms with van der Waals surface area (Å²) in [4.78, 5) is 22.4. The Labute approximate surface area is 180 Å². The fourth-order valence-electron chi connectivity index (χ4n) is 5.88. The van der Waals surface area contributed by atoms with Crippen molar-refractivity contribution in [2.75, 3.05) is 13.2 Å². The number of aliphatic hydroxyl groups excluding tert-OH is 2. The van der Waals surface area contributed by atoms with E-state index >= 15 is 0 Å². The summed E-state index contributed by atoms with van der Waals surface area (Å²) in [5.74, 6) is -0.496. The zero-order chi connectivity index (χ0) is 22.7. The number of carbonyl (C=O) groups excluding carboxylic acids is 2. The monoisotopic (exact) mass is 422 g/mol. The number of ether oxygens (including phenoxy) is 2. The third-order valence-corrected chi connectivity index (χ3v) is 7.30. The largest absolute Gasteiger partial charge is 0.465 e. The normalized spacial score (nSPS) is 36.8. The number of aliphatic hydroxyl groups is 2. The van der Waals surface area contributed by atoms with Gasteiger partial charge < -0.3 is 19.7 Å². The van der Waals surface area contributed by atoms with Gasteiger partial charge in [0.1, 0.15) is 6.61 Å². The summed E-state index contributed by atoms with van der Waals surface area (Å²) in [5.41, 5.74) is 1.28. The van der Waals surface area contributed by atoms with Gasteiger partial charge in [0.25, 0.3) is 0 Å². The second kappa shape index (κ2) is 9.65. The van der Waals surface area contributed by atoms with E-state index in [0.29, 0.717) is 19.3 Å². The predicted octanol–water partition coefficient (Wildman–Crippen LogP) is 3.56. The van der Waals surface area contributed by atoms with Gasteiger partial charge >= 0.3 is 11.9 Å². The maximum atomic E-state index is 11.5. The minimum absolute atomic E-state index is 0.0370. The van der Waals surface area contributed by atoms with E-state index in [0.717, 1.165) is 24.0 Å². The maximum absolute atomic E-state index is 11.5. The van der Waals surface area contributed by atoms with Gasteiger partial charge in [-0.05, 0) is 67.9 Å². The molecular weight excluding hydrogens is 384 g/mol. The quantitative estimate of drug-likeness (QED) is 0.481. The highest BCUT2D eigenvalue weighted by molar-refractivity contribution is 5.66. The molecule has 2 fully saturated rings. The fraction of sp³-hybridized carbons (Fsp3) is 0.750. The first-order valence-corrected chi connectivity index (χ1v) is 10.9. The third kappa shape index (κ3) is 5.52.